The number of hydrogen-bond donors (Lipinski definition) is 1. The van der Waals surface area contributed by atoms with Crippen LogP contribution in [0.25, 0.3) is 0 Å². The maximum Gasteiger partial charge on any atom is 0.256 e. The summed E-state index contributed by atoms with van der Waals surface area (Å²) in [6.07, 6.45) is 0. The number of benzene rings is 3. The van der Waals surface area contributed by atoms with Crippen LogP contribution < -0.4 is 5.32 Å². The van der Waals surface area contributed by atoms with Crippen molar-refractivity contribution < 1.29 is 9.59 Å². The summed E-state index contributed by atoms with van der Waals surface area (Å²) in [5.41, 5.74) is 4.23. The number of rotatable bonds is 2. The summed E-state index contributed by atoms with van der Waals surface area (Å²) in [7, 11) is 0. The number of nitrogens with zero attached hydrogens (tertiary/aromatic N) is 1. The molecule has 0 radical (unpaired) electrons. The second kappa shape index (κ2) is 7.60. The lowest BCUT2D eigenvalue weighted by Gasteiger charge is -2.31. The Morgan fingerprint density at radius 1 is 1.04 bits per heavy atom. The Kier molecular flexibility index (Phi) is 5.01. The van der Waals surface area contributed by atoms with Crippen LogP contribution in [0.15, 0.2) is 77.3 Å². The predicted octanol–water partition coefficient (Wildman–Crippen LogP) is 4.94. The van der Waals surface area contributed by atoms with Crippen molar-refractivity contribution in [2.24, 2.45) is 0 Å². The van der Waals surface area contributed by atoms with Gasteiger partial charge in [0.05, 0.1) is 11.6 Å². The molecule has 0 bridgehead atoms. The molecule has 140 valence electrons. The van der Waals surface area contributed by atoms with Crippen LogP contribution in [-0.4, -0.2) is 23.3 Å². The van der Waals surface area contributed by atoms with Gasteiger partial charge in [0, 0.05) is 15.7 Å². The predicted molar refractivity (Wildman–Crippen MR) is 113 cm³/mol. The van der Waals surface area contributed by atoms with Gasteiger partial charge in [0.1, 0.15) is 6.54 Å². The molecule has 4 rings (SSSR count). The molecular formula is C23H19BrN2O2. The topological polar surface area (TPSA) is 49.4 Å². The maximum atomic E-state index is 13.5. The van der Waals surface area contributed by atoms with Crippen molar-refractivity contribution >= 4 is 33.4 Å². The second-order valence-electron chi connectivity index (χ2n) is 6.87. The zero-order valence-electron chi connectivity index (χ0n) is 15.4. The summed E-state index contributed by atoms with van der Waals surface area (Å²) in [6.45, 7) is 1.99. The minimum atomic E-state index is -0.366. The van der Waals surface area contributed by atoms with Crippen LogP contribution in [0.4, 0.5) is 5.69 Å². The average Bonchev–Trinajstić information content (AvgIpc) is 2.84. The van der Waals surface area contributed by atoms with Gasteiger partial charge in [0.15, 0.2) is 0 Å². The third-order valence-electron chi connectivity index (χ3n) is 4.88. The Bertz CT molecular complexity index is 1050. The van der Waals surface area contributed by atoms with Crippen LogP contribution in [0.2, 0.25) is 0 Å². The van der Waals surface area contributed by atoms with E-state index >= 15 is 0 Å². The van der Waals surface area contributed by atoms with Gasteiger partial charge in [-0.25, -0.2) is 0 Å². The highest BCUT2D eigenvalue weighted by Gasteiger charge is 2.34. The van der Waals surface area contributed by atoms with Crippen molar-refractivity contribution in [1.29, 1.82) is 0 Å². The van der Waals surface area contributed by atoms with Crippen LogP contribution >= 0.6 is 15.9 Å². The van der Waals surface area contributed by atoms with Crippen LogP contribution in [0.3, 0.4) is 0 Å². The van der Waals surface area contributed by atoms with E-state index in [9.17, 15) is 9.59 Å². The van der Waals surface area contributed by atoms with E-state index in [1.807, 2.05) is 73.7 Å². The first-order valence-corrected chi connectivity index (χ1v) is 9.85. The molecule has 1 heterocycles. The molecule has 2 amide bonds. The van der Waals surface area contributed by atoms with Crippen LogP contribution in [0.1, 0.15) is 33.1 Å². The first kappa shape index (κ1) is 18.4. The number of halogens is 1. The van der Waals surface area contributed by atoms with E-state index in [4.69, 9.17) is 0 Å². The van der Waals surface area contributed by atoms with Gasteiger partial charge in [0.2, 0.25) is 5.91 Å². The Morgan fingerprint density at radius 2 is 1.75 bits per heavy atom. The van der Waals surface area contributed by atoms with Crippen LogP contribution in [-0.2, 0) is 4.79 Å². The third kappa shape index (κ3) is 3.45. The second-order valence-corrected chi connectivity index (χ2v) is 7.72. The number of amides is 2. The Labute approximate surface area is 172 Å². The van der Waals surface area contributed by atoms with Gasteiger partial charge in [-0.1, -0.05) is 60.2 Å². The number of anilines is 1. The largest absolute Gasteiger partial charge is 0.324 e. The minimum Gasteiger partial charge on any atom is -0.324 e. The fourth-order valence-corrected chi connectivity index (χ4v) is 4.05. The van der Waals surface area contributed by atoms with Crippen molar-refractivity contribution in [1.82, 2.24) is 4.90 Å². The molecule has 0 aliphatic carbocycles. The number of aryl methyl sites for hydroxylation is 1. The Hall–Kier alpha value is -2.92. The van der Waals surface area contributed by atoms with Crippen molar-refractivity contribution in [2.75, 3.05) is 11.9 Å². The number of hydrogen-bond acceptors (Lipinski definition) is 2. The molecule has 0 saturated heterocycles. The normalized spacial score (nSPS) is 16.1. The van der Waals surface area contributed by atoms with E-state index in [0.29, 0.717) is 10.0 Å². The van der Waals surface area contributed by atoms with E-state index in [2.05, 4.69) is 21.2 Å². The smallest absolute Gasteiger partial charge is 0.256 e. The maximum absolute atomic E-state index is 13.5. The van der Waals surface area contributed by atoms with E-state index in [0.717, 1.165) is 22.4 Å². The van der Waals surface area contributed by atoms with Gasteiger partial charge in [-0.2, -0.15) is 0 Å². The number of carbonyl (C=O) groups is 2. The van der Waals surface area contributed by atoms with E-state index in [-0.39, 0.29) is 24.4 Å². The molecule has 0 spiro atoms. The average molecular weight is 435 g/mol. The number of carbonyl (C=O) groups excluding carboxylic acids is 2. The number of nitrogens with one attached hydrogen (secondary N) is 1. The quantitative estimate of drug-likeness (QED) is 0.620. The van der Waals surface area contributed by atoms with Crippen LogP contribution in [0, 0.1) is 6.92 Å². The fourth-order valence-electron chi connectivity index (χ4n) is 3.60. The summed E-state index contributed by atoms with van der Waals surface area (Å²) in [5.74, 6) is -0.394. The lowest BCUT2D eigenvalue weighted by Crippen LogP contribution is -2.39. The van der Waals surface area contributed by atoms with E-state index in [1.165, 1.54) is 0 Å². The van der Waals surface area contributed by atoms with E-state index in [1.54, 1.807) is 11.0 Å². The van der Waals surface area contributed by atoms with Crippen molar-refractivity contribution in [3.05, 3.63) is 99.5 Å². The SMILES string of the molecule is Cc1ccc2c(c1)[C@@H](c1ccccc1)N(C(=O)c1ccccc1Br)CC(=O)N2. The summed E-state index contributed by atoms with van der Waals surface area (Å²) >= 11 is 3.47. The molecule has 4 nitrogen and oxygen atoms in total. The highest BCUT2D eigenvalue weighted by molar-refractivity contribution is 9.10. The van der Waals surface area contributed by atoms with Crippen molar-refractivity contribution in [3.8, 4) is 0 Å². The molecule has 1 N–H and O–H groups in total. The Balaban J connectivity index is 1.91. The van der Waals surface area contributed by atoms with E-state index < -0.39 is 0 Å². The molecule has 0 fully saturated rings. The van der Waals surface area contributed by atoms with Crippen molar-refractivity contribution in [3.63, 3.8) is 0 Å². The third-order valence-corrected chi connectivity index (χ3v) is 5.57. The highest BCUT2D eigenvalue weighted by Crippen LogP contribution is 2.37. The molecule has 5 heteroatoms. The Morgan fingerprint density at radius 3 is 2.50 bits per heavy atom. The van der Waals surface area contributed by atoms with Gasteiger partial charge in [-0.05, 0) is 46.6 Å². The van der Waals surface area contributed by atoms with Gasteiger partial charge in [-0.15, -0.1) is 0 Å². The molecule has 0 saturated carbocycles. The summed E-state index contributed by atoms with van der Waals surface area (Å²) in [6, 6.07) is 22.7. The van der Waals surface area contributed by atoms with Gasteiger partial charge >= 0.3 is 0 Å². The minimum absolute atomic E-state index is 0.0204. The zero-order chi connectivity index (χ0) is 19.7. The first-order valence-electron chi connectivity index (χ1n) is 9.05. The summed E-state index contributed by atoms with van der Waals surface area (Å²) in [4.78, 5) is 27.8. The number of fused-ring (bicyclic) bond motifs is 1. The lowest BCUT2D eigenvalue weighted by atomic mass is 9.94. The van der Waals surface area contributed by atoms with Gasteiger partial charge in [-0.3, -0.25) is 9.59 Å². The molecule has 1 aliphatic heterocycles. The molecule has 0 unspecified atom stereocenters. The van der Waals surface area contributed by atoms with Gasteiger partial charge < -0.3 is 10.2 Å². The summed E-state index contributed by atoms with van der Waals surface area (Å²) < 4.78 is 0.709. The van der Waals surface area contributed by atoms with Crippen molar-refractivity contribution in [2.45, 2.75) is 13.0 Å². The fraction of sp³-hybridized carbons (Fsp3) is 0.130. The molecule has 28 heavy (non-hydrogen) atoms. The molecule has 1 atom stereocenters. The molecule has 1 aliphatic rings. The molecule has 0 aromatic heterocycles. The lowest BCUT2D eigenvalue weighted by molar-refractivity contribution is -0.117. The highest BCUT2D eigenvalue weighted by atomic mass is 79.9. The zero-order valence-corrected chi connectivity index (χ0v) is 16.9. The first-order chi connectivity index (χ1) is 13.5. The van der Waals surface area contributed by atoms with Crippen LogP contribution in [0.5, 0.6) is 0 Å². The summed E-state index contributed by atoms with van der Waals surface area (Å²) in [5, 5.41) is 2.96. The molecule has 3 aromatic rings. The standard InChI is InChI=1S/C23H19BrN2O2/c1-15-11-12-20-18(13-15)22(16-7-3-2-4-8-16)26(14-21(27)25-20)23(28)17-9-5-6-10-19(17)24/h2-13,22H,14H2,1H3,(H,25,27)/t22-/m1/s1. The molecule has 3 aromatic carbocycles. The monoisotopic (exact) mass is 434 g/mol. The van der Waals surface area contributed by atoms with Gasteiger partial charge in [0.25, 0.3) is 5.91 Å². The molecular weight excluding hydrogens is 416 g/mol.